The van der Waals surface area contributed by atoms with Gasteiger partial charge in [-0.15, -0.1) is 0 Å². The number of rotatable bonds is 4. The monoisotopic (exact) mass is 267 g/mol. The lowest BCUT2D eigenvalue weighted by molar-refractivity contribution is -0.126. The van der Waals surface area contributed by atoms with Crippen LogP contribution in [0.5, 0.6) is 0 Å². The number of hydrogen-bond acceptors (Lipinski definition) is 2. The lowest BCUT2D eigenvalue weighted by atomic mass is 9.86. The van der Waals surface area contributed by atoms with E-state index in [1.54, 1.807) is 0 Å². The minimum absolute atomic E-state index is 0.0166. The lowest BCUT2D eigenvalue weighted by Crippen LogP contribution is -2.41. The number of carbonyl (C=O) groups excluding carboxylic acids is 1. The molecule has 2 rings (SSSR count). The van der Waals surface area contributed by atoms with Gasteiger partial charge < -0.3 is 10.4 Å². The highest BCUT2D eigenvalue weighted by Crippen LogP contribution is 2.37. The molecule has 0 atom stereocenters. The summed E-state index contributed by atoms with van der Waals surface area (Å²) in [6, 6.07) is 0. The number of carbonyl (C=O) groups is 1. The summed E-state index contributed by atoms with van der Waals surface area (Å²) < 4.78 is 0. The Morgan fingerprint density at radius 3 is 2.16 bits per heavy atom. The van der Waals surface area contributed by atoms with Crippen LogP contribution in [0.25, 0.3) is 0 Å². The van der Waals surface area contributed by atoms with Gasteiger partial charge in [-0.05, 0) is 25.7 Å². The van der Waals surface area contributed by atoms with E-state index in [-0.39, 0.29) is 23.8 Å². The molecule has 0 aliphatic heterocycles. The Hall–Kier alpha value is -0.570. The van der Waals surface area contributed by atoms with Gasteiger partial charge in [0.05, 0.1) is 6.61 Å². The summed E-state index contributed by atoms with van der Waals surface area (Å²) in [4.78, 5) is 12.3. The van der Waals surface area contributed by atoms with Gasteiger partial charge in [-0.1, -0.05) is 44.9 Å². The molecule has 0 bridgehead atoms. The van der Waals surface area contributed by atoms with Crippen molar-refractivity contribution in [3.8, 4) is 0 Å². The third-order valence-electron chi connectivity index (χ3n) is 5.11. The molecule has 2 saturated carbocycles. The van der Waals surface area contributed by atoms with Crippen LogP contribution < -0.4 is 5.32 Å². The van der Waals surface area contributed by atoms with Gasteiger partial charge in [-0.2, -0.15) is 0 Å². The Kier molecular flexibility index (Phi) is 5.68. The summed E-state index contributed by atoms with van der Waals surface area (Å²) in [5.74, 6) is 0.457. The Morgan fingerprint density at radius 1 is 1.00 bits per heavy atom. The molecule has 0 radical (unpaired) electrons. The van der Waals surface area contributed by atoms with Crippen molar-refractivity contribution in [2.75, 3.05) is 13.2 Å². The molecule has 0 aromatic carbocycles. The molecule has 2 aliphatic carbocycles. The van der Waals surface area contributed by atoms with E-state index in [0.717, 1.165) is 25.7 Å². The summed E-state index contributed by atoms with van der Waals surface area (Å²) in [5.41, 5.74) is -0.0166. The first-order valence-corrected chi connectivity index (χ1v) is 8.14. The second-order valence-electron chi connectivity index (χ2n) is 6.63. The molecule has 110 valence electrons. The number of aliphatic hydroxyl groups is 1. The van der Waals surface area contributed by atoms with Gasteiger partial charge in [-0.25, -0.2) is 0 Å². The zero-order valence-corrected chi connectivity index (χ0v) is 12.1. The van der Waals surface area contributed by atoms with Crippen molar-refractivity contribution in [1.82, 2.24) is 5.32 Å². The van der Waals surface area contributed by atoms with Crippen LogP contribution in [-0.4, -0.2) is 24.2 Å². The van der Waals surface area contributed by atoms with Crippen molar-refractivity contribution in [1.29, 1.82) is 0 Å². The Balaban J connectivity index is 1.79. The highest BCUT2D eigenvalue weighted by molar-refractivity contribution is 5.78. The Morgan fingerprint density at radius 2 is 1.58 bits per heavy atom. The minimum Gasteiger partial charge on any atom is -0.396 e. The number of aliphatic hydroxyl groups excluding tert-OH is 1. The van der Waals surface area contributed by atoms with Gasteiger partial charge in [0.1, 0.15) is 0 Å². The molecule has 3 nitrogen and oxygen atoms in total. The molecule has 0 aromatic rings. The Bertz CT molecular complexity index is 276. The molecule has 2 aliphatic rings. The van der Waals surface area contributed by atoms with Crippen molar-refractivity contribution in [3.05, 3.63) is 0 Å². The first-order valence-electron chi connectivity index (χ1n) is 8.14. The van der Waals surface area contributed by atoms with Crippen molar-refractivity contribution in [2.45, 2.75) is 70.6 Å². The van der Waals surface area contributed by atoms with Crippen molar-refractivity contribution >= 4 is 5.91 Å². The highest BCUT2D eigenvalue weighted by atomic mass is 16.3. The van der Waals surface area contributed by atoms with E-state index in [1.807, 2.05) is 0 Å². The summed E-state index contributed by atoms with van der Waals surface area (Å²) in [6.07, 6.45) is 12.9. The van der Waals surface area contributed by atoms with Crippen molar-refractivity contribution in [2.24, 2.45) is 11.3 Å². The van der Waals surface area contributed by atoms with Crippen LogP contribution in [-0.2, 0) is 4.79 Å². The van der Waals surface area contributed by atoms with Crippen LogP contribution >= 0.6 is 0 Å². The van der Waals surface area contributed by atoms with E-state index >= 15 is 0 Å². The lowest BCUT2D eigenvalue weighted by Gasteiger charge is -2.28. The maximum absolute atomic E-state index is 12.3. The zero-order chi connectivity index (χ0) is 13.6. The molecule has 3 heteroatoms. The molecule has 0 aromatic heterocycles. The fraction of sp³-hybridized carbons (Fsp3) is 0.938. The molecule has 1 amide bonds. The molecule has 2 fully saturated rings. The van der Waals surface area contributed by atoms with Crippen LogP contribution in [0, 0.1) is 11.3 Å². The minimum atomic E-state index is -0.0166. The molecule has 0 spiro atoms. The average molecular weight is 267 g/mol. The van der Waals surface area contributed by atoms with Gasteiger partial charge in [-0.3, -0.25) is 4.79 Å². The van der Waals surface area contributed by atoms with E-state index in [2.05, 4.69) is 5.32 Å². The molecular formula is C16H29NO2. The summed E-state index contributed by atoms with van der Waals surface area (Å²) in [7, 11) is 0. The van der Waals surface area contributed by atoms with E-state index < -0.39 is 0 Å². The van der Waals surface area contributed by atoms with Crippen LogP contribution in [0.2, 0.25) is 0 Å². The van der Waals surface area contributed by atoms with Crippen molar-refractivity contribution < 1.29 is 9.90 Å². The first-order chi connectivity index (χ1) is 9.26. The fourth-order valence-electron chi connectivity index (χ4n) is 3.65. The third kappa shape index (κ3) is 4.20. The van der Waals surface area contributed by atoms with Crippen LogP contribution in [0.1, 0.15) is 70.6 Å². The van der Waals surface area contributed by atoms with Gasteiger partial charge in [0.15, 0.2) is 0 Å². The van der Waals surface area contributed by atoms with Gasteiger partial charge >= 0.3 is 0 Å². The molecule has 0 saturated heterocycles. The topological polar surface area (TPSA) is 49.3 Å². The maximum atomic E-state index is 12.3. The predicted octanol–water partition coefficient (Wildman–Crippen LogP) is 3.02. The molecular weight excluding hydrogens is 238 g/mol. The third-order valence-corrected chi connectivity index (χ3v) is 5.11. The van der Waals surface area contributed by atoms with Crippen LogP contribution in [0.15, 0.2) is 0 Å². The second kappa shape index (κ2) is 7.28. The SMILES string of the molecule is O=C(NCC1(CO)CCCC1)C1CCCCCCC1. The summed E-state index contributed by atoms with van der Waals surface area (Å²) in [6.45, 7) is 0.900. The second-order valence-corrected chi connectivity index (χ2v) is 6.63. The summed E-state index contributed by atoms with van der Waals surface area (Å²) >= 11 is 0. The molecule has 0 heterocycles. The standard InChI is InChI=1S/C16H29NO2/c18-13-16(10-6-7-11-16)12-17-15(19)14-8-4-2-1-3-5-9-14/h14,18H,1-13H2,(H,17,19). The number of amides is 1. The molecule has 2 N–H and O–H groups in total. The first kappa shape index (κ1) is 14.8. The van der Waals surface area contributed by atoms with Gasteiger partial charge in [0.2, 0.25) is 5.91 Å². The van der Waals surface area contributed by atoms with E-state index in [1.165, 1.54) is 44.9 Å². The van der Waals surface area contributed by atoms with E-state index in [9.17, 15) is 9.90 Å². The molecule has 0 unspecified atom stereocenters. The van der Waals surface area contributed by atoms with Crippen molar-refractivity contribution in [3.63, 3.8) is 0 Å². The Labute approximate surface area is 117 Å². The number of nitrogens with one attached hydrogen (secondary N) is 1. The average Bonchev–Trinajstić information content (AvgIpc) is 2.85. The zero-order valence-electron chi connectivity index (χ0n) is 12.1. The van der Waals surface area contributed by atoms with Crippen LogP contribution in [0.4, 0.5) is 0 Å². The maximum Gasteiger partial charge on any atom is 0.223 e. The van der Waals surface area contributed by atoms with Gasteiger partial charge in [0.25, 0.3) is 0 Å². The summed E-state index contributed by atoms with van der Waals surface area (Å²) in [5, 5.41) is 12.7. The quantitative estimate of drug-likeness (QED) is 0.822. The normalized spacial score (nSPS) is 24.7. The fourth-order valence-corrected chi connectivity index (χ4v) is 3.65. The van der Waals surface area contributed by atoms with Gasteiger partial charge in [0, 0.05) is 17.9 Å². The van der Waals surface area contributed by atoms with Crippen LogP contribution in [0.3, 0.4) is 0 Å². The molecule has 19 heavy (non-hydrogen) atoms. The number of hydrogen-bond donors (Lipinski definition) is 2. The predicted molar refractivity (Wildman–Crippen MR) is 76.8 cm³/mol. The van der Waals surface area contributed by atoms with E-state index in [0.29, 0.717) is 6.54 Å². The largest absolute Gasteiger partial charge is 0.396 e. The highest BCUT2D eigenvalue weighted by Gasteiger charge is 2.34. The smallest absolute Gasteiger partial charge is 0.223 e. The van der Waals surface area contributed by atoms with E-state index in [4.69, 9.17) is 0 Å².